The Balaban J connectivity index is 0.00000243. The first kappa shape index (κ1) is 20.5. The Kier molecular flexibility index (Phi) is 7.72. The fourth-order valence-electron chi connectivity index (χ4n) is 3.61. The first-order valence-electron chi connectivity index (χ1n) is 9.18. The minimum absolute atomic E-state index is 0. The van der Waals surface area contributed by atoms with Crippen LogP contribution < -0.4 is 20.7 Å². The molecule has 0 radical (unpaired) electrons. The van der Waals surface area contributed by atoms with Crippen molar-refractivity contribution >= 4 is 35.6 Å². The molecule has 2 aliphatic rings. The number of methoxy groups -OCH3 is 1. The molecule has 3 rings (SSSR count). The van der Waals surface area contributed by atoms with E-state index in [1.165, 1.54) is 6.42 Å². The second-order valence-corrected chi connectivity index (χ2v) is 6.92. The first-order valence-corrected chi connectivity index (χ1v) is 9.18. The number of anilines is 2. The molecule has 1 aromatic carbocycles. The van der Waals surface area contributed by atoms with E-state index in [0.717, 1.165) is 38.6 Å². The average molecular weight is 382 g/mol. The minimum Gasteiger partial charge on any atom is -0.495 e. The Hall–Kier alpha value is -1.79. The predicted octanol–water partition coefficient (Wildman–Crippen LogP) is 3.18. The van der Waals surface area contributed by atoms with Gasteiger partial charge in [-0.1, -0.05) is 19.3 Å². The van der Waals surface area contributed by atoms with Crippen molar-refractivity contribution in [3.05, 3.63) is 18.2 Å². The van der Waals surface area contributed by atoms with Gasteiger partial charge in [0.05, 0.1) is 18.7 Å². The summed E-state index contributed by atoms with van der Waals surface area (Å²) >= 11 is 0. The highest BCUT2D eigenvalue weighted by atomic mass is 35.5. The maximum absolute atomic E-state index is 12.5. The van der Waals surface area contributed by atoms with Crippen LogP contribution in [-0.4, -0.2) is 32.0 Å². The number of hydrogen-bond acceptors (Lipinski definition) is 4. The second kappa shape index (κ2) is 9.78. The lowest BCUT2D eigenvalue weighted by Gasteiger charge is -2.21. The number of nitrogens with one attached hydrogen (secondary N) is 3. The SMILES string of the molecule is COc1ccc(NC(=O)C2CCNC2)cc1NC(=O)C1CCCCC1.Cl. The predicted molar refractivity (Wildman–Crippen MR) is 105 cm³/mol. The van der Waals surface area contributed by atoms with Crippen molar-refractivity contribution in [1.82, 2.24) is 5.32 Å². The largest absolute Gasteiger partial charge is 0.495 e. The van der Waals surface area contributed by atoms with Crippen LogP contribution in [0.15, 0.2) is 18.2 Å². The number of benzene rings is 1. The smallest absolute Gasteiger partial charge is 0.228 e. The number of carbonyl (C=O) groups is 2. The highest BCUT2D eigenvalue weighted by Gasteiger charge is 2.24. The summed E-state index contributed by atoms with van der Waals surface area (Å²) in [7, 11) is 1.58. The van der Waals surface area contributed by atoms with Gasteiger partial charge in [-0.3, -0.25) is 9.59 Å². The number of ether oxygens (including phenoxy) is 1. The molecule has 0 spiro atoms. The molecule has 7 heteroatoms. The Morgan fingerprint density at radius 3 is 2.42 bits per heavy atom. The van der Waals surface area contributed by atoms with Crippen LogP contribution in [-0.2, 0) is 9.59 Å². The fourth-order valence-corrected chi connectivity index (χ4v) is 3.61. The zero-order valence-electron chi connectivity index (χ0n) is 15.2. The Labute approximate surface area is 160 Å². The zero-order chi connectivity index (χ0) is 17.6. The molecule has 1 heterocycles. The van der Waals surface area contributed by atoms with Crippen LogP contribution in [0.25, 0.3) is 0 Å². The molecule has 2 fully saturated rings. The van der Waals surface area contributed by atoms with Crippen LogP contribution in [0.1, 0.15) is 38.5 Å². The summed E-state index contributed by atoms with van der Waals surface area (Å²) in [5, 5.41) is 9.12. The molecule has 3 N–H and O–H groups in total. The van der Waals surface area contributed by atoms with E-state index in [1.54, 1.807) is 25.3 Å². The van der Waals surface area contributed by atoms with Gasteiger partial charge in [0.2, 0.25) is 11.8 Å². The molecule has 1 unspecified atom stereocenters. The summed E-state index contributed by atoms with van der Waals surface area (Å²) in [5.74, 6) is 0.731. The van der Waals surface area contributed by atoms with Crippen molar-refractivity contribution in [2.45, 2.75) is 38.5 Å². The van der Waals surface area contributed by atoms with E-state index in [9.17, 15) is 9.59 Å². The van der Waals surface area contributed by atoms with Gasteiger partial charge in [0.25, 0.3) is 0 Å². The van der Waals surface area contributed by atoms with E-state index in [2.05, 4.69) is 16.0 Å². The van der Waals surface area contributed by atoms with Gasteiger partial charge in [-0.15, -0.1) is 12.4 Å². The first-order chi connectivity index (χ1) is 12.2. The standard InChI is InChI=1S/C19H27N3O3.ClH/c1-25-17-8-7-15(21-19(24)14-9-10-20-12-14)11-16(17)22-18(23)13-5-3-2-4-6-13;/h7-8,11,13-14,20H,2-6,9-10,12H2,1H3,(H,21,24)(H,22,23);1H. The van der Waals surface area contributed by atoms with E-state index in [1.807, 2.05) is 0 Å². The van der Waals surface area contributed by atoms with Gasteiger partial charge in [0, 0.05) is 18.2 Å². The van der Waals surface area contributed by atoms with E-state index < -0.39 is 0 Å². The third kappa shape index (κ3) is 5.11. The molecule has 1 aliphatic heterocycles. The maximum atomic E-state index is 12.5. The van der Waals surface area contributed by atoms with Crippen molar-refractivity contribution in [3.63, 3.8) is 0 Å². The number of rotatable bonds is 5. The minimum atomic E-state index is 0. The summed E-state index contributed by atoms with van der Waals surface area (Å²) in [4.78, 5) is 24.8. The number of amides is 2. The number of carbonyl (C=O) groups excluding carboxylic acids is 2. The van der Waals surface area contributed by atoms with Crippen molar-refractivity contribution in [1.29, 1.82) is 0 Å². The maximum Gasteiger partial charge on any atom is 0.228 e. The Bertz CT molecular complexity index is 626. The van der Waals surface area contributed by atoms with Gasteiger partial charge in [-0.2, -0.15) is 0 Å². The lowest BCUT2D eigenvalue weighted by molar-refractivity contribution is -0.121. The Morgan fingerprint density at radius 2 is 1.77 bits per heavy atom. The van der Waals surface area contributed by atoms with Gasteiger partial charge >= 0.3 is 0 Å². The summed E-state index contributed by atoms with van der Waals surface area (Å²) in [5.41, 5.74) is 1.29. The van der Waals surface area contributed by atoms with Gasteiger partial charge in [0.1, 0.15) is 5.75 Å². The number of hydrogen-bond donors (Lipinski definition) is 3. The lowest BCUT2D eigenvalue weighted by atomic mass is 9.88. The van der Waals surface area contributed by atoms with Crippen molar-refractivity contribution < 1.29 is 14.3 Å². The highest BCUT2D eigenvalue weighted by molar-refractivity contribution is 5.97. The third-order valence-electron chi connectivity index (χ3n) is 5.13. The quantitative estimate of drug-likeness (QED) is 0.731. The fraction of sp³-hybridized carbons (Fsp3) is 0.579. The summed E-state index contributed by atoms with van der Waals surface area (Å²) in [6, 6.07) is 5.36. The monoisotopic (exact) mass is 381 g/mol. The molecule has 0 bridgehead atoms. The molecule has 6 nitrogen and oxygen atoms in total. The van der Waals surface area contributed by atoms with Gasteiger partial charge in [-0.05, 0) is 44.0 Å². The van der Waals surface area contributed by atoms with E-state index in [4.69, 9.17) is 4.74 Å². The molecule has 1 aromatic rings. The normalized spacial score (nSPS) is 20.1. The molecule has 1 saturated heterocycles. The zero-order valence-corrected chi connectivity index (χ0v) is 16.0. The van der Waals surface area contributed by atoms with Gasteiger partial charge in [0.15, 0.2) is 0 Å². The molecule has 2 amide bonds. The Morgan fingerprint density at radius 1 is 1.04 bits per heavy atom. The van der Waals surface area contributed by atoms with Crippen LogP contribution in [0.5, 0.6) is 5.75 Å². The number of halogens is 1. The molecule has 144 valence electrons. The van der Waals surface area contributed by atoms with E-state index in [0.29, 0.717) is 23.7 Å². The molecular formula is C19H28ClN3O3. The molecular weight excluding hydrogens is 354 g/mol. The summed E-state index contributed by atoms with van der Waals surface area (Å²) in [6.45, 7) is 1.59. The van der Waals surface area contributed by atoms with E-state index >= 15 is 0 Å². The molecule has 1 atom stereocenters. The van der Waals surface area contributed by atoms with Crippen LogP contribution in [0.3, 0.4) is 0 Å². The van der Waals surface area contributed by atoms with Crippen LogP contribution in [0.4, 0.5) is 11.4 Å². The van der Waals surface area contributed by atoms with Crippen molar-refractivity contribution in [2.75, 3.05) is 30.8 Å². The average Bonchev–Trinajstić information content (AvgIpc) is 3.17. The van der Waals surface area contributed by atoms with Crippen molar-refractivity contribution in [2.24, 2.45) is 11.8 Å². The molecule has 0 aromatic heterocycles. The van der Waals surface area contributed by atoms with Gasteiger partial charge < -0.3 is 20.7 Å². The molecule has 1 saturated carbocycles. The highest BCUT2D eigenvalue weighted by Crippen LogP contribution is 2.31. The van der Waals surface area contributed by atoms with Crippen LogP contribution >= 0.6 is 12.4 Å². The third-order valence-corrected chi connectivity index (χ3v) is 5.13. The van der Waals surface area contributed by atoms with Crippen molar-refractivity contribution in [3.8, 4) is 5.75 Å². The van der Waals surface area contributed by atoms with Crippen LogP contribution in [0.2, 0.25) is 0 Å². The molecule has 1 aliphatic carbocycles. The lowest BCUT2D eigenvalue weighted by Crippen LogP contribution is -2.26. The van der Waals surface area contributed by atoms with Gasteiger partial charge in [-0.25, -0.2) is 0 Å². The van der Waals surface area contributed by atoms with Crippen LogP contribution in [0, 0.1) is 11.8 Å². The van der Waals surface area contributed by atoms with E-state index in [-0.39, 0.29) is 36.1 Å². The topological polar surface area (TPSA) is 79.5 Å². The summed E-state index contributed by atoms with van der Waals surface area (Å²) in [6.07, 6.45) is 6.18. The molecule has 26 heavy (non-hydrogen) atoms. The second-order valence-electron chi connectivity index (χ2n) is 6.92. The summed E-state index contributed by atoms with van der Waals surface area (Å²) < 4.78 is 5.36.